The molecule has 0 aliphatic heterocycles. The van der Waals surface area contributed by atoms with Crippen molar-refractivity contribution in [3.8, 4) is 0 Å². The third-order valence-corrected chi connectivity index (χ3v) is 7.40. The fourth-order valence-corrected chi connectivity index (χ4v) is 6.31. The number of para-hydroxylation sites is 1. The third kappa shape index (κ3) is 3.57. The molecule has 0 radical (unpaired) electrons. The van der Waals surface area contributed by atoms with Crippen molar-refractivity contribution in [3.63, 3.8) is 0 Å². The van der Waals surface area contributed by atoms with Crippen LogP contribution in [0.4, 0.5) is 5.69 Å². The van der Waals surface area contributed by atoms with Gasteiger partial charge in [-0.05, 0) is 36.4 Å². The van der Waals surface area contributed by atoms with Gasteiger partial charge in [-0.2, -0.15) is 0 Å². The molecule has 1 aliphatic rings. The first-order valence-corrected chi connectivity index (χ1v) is 10.6. The number of nitrogens with zero attached hydrogens (tertiary/aromatic N) is 1. The van der Waals surface area contributed by atoms with Crippen LogP contribution in [0.5, 0.6) is 0 Å². The molecule has 3 rings (SSSR count). The summed E-state index contributed by atoms with van der Waals surface area (Å²) in [5, 5.41) is 1.61. The van der Waals surface area contributed by atoms with Gasteiger partial charge in [0.2, 0.25) is 0 Å². The molecule has 7 heteroatoms. The predicted molar refractivity (Wildman–Crippen MR) is 98.6 cm³/mol. The molecule has 1 aliphatic carbocycles. The highest BCUT2D eigenvalue weighted by atomic mass is 32.2. The Kier molecular flexibility index (Phi) is 5.44. The summed E-state index contributed by atoms with van der Waals surface area (Å²) in [4.78, 5) is 12.1. The molecule has 1 saturated carbocycles. The average molecular weight is 380 g/mol. The van der Waals surface area contributed by atoms with Gasteiger partial charge in [-0.1, -0.05) is 37.5 Å². The molecule has 0 spiro atoms. The average Bonchev–Trinajstić information content (AvgIpc) is 3.13. The lowest BCUT2D eigenvalue weighted by Gasteiger charge is -2.35. The molecule has 0 amide bonds. The Balaban J connectivity index is 2.09. The van der Waals surface area contributed by atoms with Gasteiger partial charge in [-0.25, -0.2) is 13.2 Å². The second-order valence-electron chi connectivity index (χ2n) is 6.03. The van der Waals surface area contributed by atoms with Crippen molar-refractivity contribution in [1.82, 2.24) is 0 Å². The van der Waals surface area contributed by atoms with Crippen molar-refractivity contribution >= 4 is 33.0 Å². The second-order valence-corrected chi connectivity index (χ2v) is 8.73. The quantitative estimate of drug-likeness (QED) is 0.735. The number of benzene rings is 1. The van der Waals surface area contributed by atoms with E-state index in [4.69, 9.17) is 4.74 Å². The number of methoxy groups -OCH3 is 1. The highest BCUT2D eigenvalue weighted by Crippen LogP contribution is 2.35. The van der Waals surface area contributed by atoms with E-state index in [9.17, 15) is 13.2 Å². The Morgan fingerprint density at radius 2 is 1.80 bits per heavy atom. The Bertz CT molecular complexity index is 824. The normalized spacial score (nSPS) is 15.7. The maximum absolute atomic E-state index is 13.5. The number of rotatable bonds is 5. The highest BCUT2D eigenvalue weighted by molar-refractivity contribution is 7.93. The SMILES string of the molecule is COC(=O)c1sccc1S(=O)(=O)N(c1ccccc1)C1CCCCC1. The number of hydrogen-bond donors (Lipinski definition) is 0. The molecule has 0 unspecified atom stereocenters. The van der Waals surface area contributed by atoms with Crippen LogP contribution in [0.3, 0.4) is 0 Å². The number of ether oxygens (including phenoxy) is 1. The van der Waals surface area contributed by atoms with Crippen LogP contribution in [-0.2, 0) is 14.8 Å². The summed E-state index contributed by atoms with van der Waals surface area (Å²) in [5.41, 5.74) is 0.636. The standard InChI is InChI=1S/C18H21NO4S2/c1-23-18(20)17-16(12-13-24-17)25(21,22)19(14-8-4-2-5-9-14)15-10-6-3-7-11-15/h2,4-5,8-9,12-13,15H,3,6-7,10-11H2,1H3. The van der Waals surface area contributed by atoms with Gasteiger partial charge in [0.05, 0.1) is 12.8 Å². The molecule has 1 heterocycles. The monoisotopic (exact) mass is 379 g/mol. The van der Waals surface area contributed by atoms with Gasteiger partial charge >= 0.3 is 5.97 Å². The van der Waals surface area contributed by atoms with Gasteiger partial charge in [-0.15, -0.1) is 11.3 Å². The van der Waals surface area contributed by atoms with Gasteiger partial charge in [0.15, 0.2) is 0 Å². The molecular formula is C18H21NO4S2. The molecule has 5 nitrogen and oxygen atoms in total. The fourth-order valence-electron chi connectivity index (χ4n) is 3.28. The van der Waals surface area contributed by atoms with Crippen LogP contribution < -0.4 is 4.31 Å². The maximum Gasteiger partial charge on any atom is 0.349 e. The van der Waals surface area contributed by atoms with E-state index in [2.05, 4.69) is 0 Å². The summed E-state index contributed by atoms with van der Waals surface area (Å²) in [5.74, 6) is -0.620. The van der Waals surface area contributed by atoms with Gasteiger partial charge in [0.1, 0.15) is 9.77 Å². The second kappa shape index (κ2) is 7.58. The number of anilines is 1. The number of thiophene rings is 1. The summed E-state index contributed by atoms with van der Waals surface area (Å²) in [7, 11) is -2.59. The Morgan fingerprint density at radius 1 is 1.12 bits per heavy atom. The zero-order valence-electron chi connectivity index (χ0n) is 14.1. The summed E-state index contributed by atoms with van der Waals surface area (Å²) in [6.07, 6.45) is 4.80. The van der Waals surface area contributed by atoms with Crippen molar-refractivity contribution in [2.24, 2.45) is 0 Å². The van der Waals surface area contributed by atoms with E-state index in [1.807, 2.05) is 18.2 Å². The van der Waals surface area contributed by atoms with E-state index in [1.165, 1.54) is 17.5 Å². The molecule has 25 heavy (non-hydrogen) atoms. The molecule has 0 atom stereocenters. The van der Waals surface area contributed by atoms with Crippen LogP contribution >= 0.6 is 11.3 Å². The van der Waals surface area contributed by atoms with E-state index in [0.29, 0.717) is 5.69 Å². The molecule has 1 aromatic carbocycles. The minimum absolute atomic E-state index is 0.0266. The van der Waals surface area contributed by atoms with Crippen molar-refractivity contribution in [2.75, 3.05) is 11.4 Å². The fraction of sp³-hybridized carbons (Fsp3) is 0.389. The lowest BCUT2D eigenvalue weighted by Crippen LogP contribution is -2.41. The Labute approximate surface area is 152 Å². The van der Waals surface area contributed by atoms with Gasteiger partial charge < -0.3 is 4.74 Å². The Morgan fingerprint density at radius 3 is 2.44 bits per heavy atom. The number of hydrogen-bond acceptors (Lipinski definition) is 5. The zero-order valence-corrected chi connectivity index (χ0v) is 15.7. The van der Waals surface area contributed by atoms with Crippen LogP contribution in [0.2, 0.25) is 0 Å². The summed E-state index contributed by atoms with van der Waals surface area (Å²) >= 11 is 1.09. The summed E-state index contributed by atoms with van der Waals surface area (Å²) in [6, 6.07) is 10.5. The van der Waals surface area contributed by atoms with Gasteiger partial charge in [0, 0.05) is 6.04 Å². The smallest absolute Gasteiger partial charge is 0.349 e. The van der Waals surface area contributed by atoms with Crippen molar-refractivity contribution in [2.45, 2.75) is 43.0 Å². The highest BCUT2D eigenvalue weighted by Gasteiger charge is 2.35. The van der Waals surface area contributed by atoms with Crippen LogP contribution in [0.1, 0.15) is 41.8 Å². The summed E-state index contributed by atoms with van der Waals surface area (Å²) < 4.78 is 33.2. The van der Waals surface area contributed by atoms with E-state index in [-0.39, 0.29) is 15.8 Å². The number of carbonyl (C=O) groups is 1. The zero-order chi connectivity index (χ0) is 17.9. The Hall–Kier alpha value is -1.86. The first-order valence-electron chi connectivity index (χ1n) is 8.31. The lowest BCUT2D eigenvalue weighted by molar-refractivity contribution is 0.0602. The van der Waals surface area contributed by atoms with Crippen LogP contribution in [0.15, 0.2) is 46.7 Å². The third-order valence-electron chi connectivity index (χ3n) is 4.45. The van der Waals surface area contributed by atoms with Gasteiger partial charge in [0.25, 0.3) is 10.0 Å². The number of sulfonamides is 1. The predicted octanol–water partition coefficient (Wildman–Crippen LogP) is 4.06. The minimum atomic E-state index is -3.85. The van der Waals surface area contributed by atoms with E-state index >= 15 is 0 Å². The van der Waals surface area contributed by atoms with Gasteiger partial charge in [-0.3, -0.25) is 4.31 Å². The molecule has 1 fully saturated rings. The first-order chi connectivity index (χ1) is 12.1. The van der Waals surface area contributed by atoms with Crippen molar-refractivity contribution in [1.29, 1.82) is 0 Å². The molecule has 1 aromatic heterocycles. The largest absolute Gasteiger partial charge is 0.465 e. The van der Waals surface area contributed by atoms with Crippen LogP contribution in [0, 0.1) is 0 Å². The molecule has 2 aromatic rings. The van der Waals surface area contributed by atoms with E-state index in [1.54, 1.807) is 17.5 Å². The first kappa shape index (κ1) is 17.9. The number of carbonyl (C=O) groups excluding carboxylic acids is 1. The van der Waals surface area contributed by atoms with Crippen molar-refractivity contribution < 1.29 is 17.9 Å². The maximum atomic E-state index is 13.5. The molecule has 0 bridgehead atoms. The topological polar surface area (TPSA) is 63.7 Å². The van der Waals surface area contributed by atoms with Crippen molar-refractivity contribution in [3.05, 3.63) is 46.7 Å². The van der Waals surface area contributed by atoms with E-state index < -0.39 is 16.0 Å². The summed E-state index contributed by atoms with van der Waals surface area (Å²) in [6.45, 7) is 0. The van der Waals surface area contributed by atoms with Crippen LogP contribution in [0.25, 0.3) is 0 Å². The lowest BCUT2D eigenvalue weighted by atomic mass is 9.95. The van der Waals surface area contributed by atoms with Crippen LogP contribution in [-0.4, -0.2) is 27.5 Å². The van der Waals surface area contributed by atoms with E-state index in [0.717, 1.165) is 43.4 Å². The minimum Gasteiger partial charge on any atom is -0.465 e. The molecular weight excluding hydrogens is 358 g/mol. The molecule has 0 N–H and O–H groups in total. The molecule has 0 saturated heterocycles. The molecule has 134 valence electrons. The number of esters is 1.